The van der Waals surface area contributed by atoms with E-state index in [0.717, 1.165) is 11.3 Å². The van der Waals surface area contributed by atoms with E-state index < -0.39 is 10.0 Å². The molecule has 4 rings (SSSR count). The molecule has 30 heavy (non-hydrogen) atoms. The maximum absolute atomic E-state index is 12.7. The van der Waals surface area contributed by atoms with Crippen LogP contribution in [0.1, 0.15) is 5.56 Å². The van der Waals surface area contributed by atoms with Crippen molar-refractivity contribution in [3.63, 3.8) is 0 Å². The lowest BCUT2D eigenvalue weighted by Crippen LogP contribution is -2.16. The Bertz CT molecular complexity index is 1270. The van der Waals surface area contributed by atoms with Crippen molar-refractivity contribution in [1.82, 2.24) is 24.9 Å². The summed E-state index contributed by atoms with van der Waals surface area (Å²) in [6.07, 6.45) is 7.99. The molecule has 3 heterocycles. The highest BCUT2D eigenvalue weighted by atomic mass is 32.2. The molecule has 3 aromatic heterocycles. The van der Waals surface area contributed by atoms with E-state index in [4.69, 9.17) is 0 Å². The van der Waals surface area contributed by atoms with Crippen LogP contribution in [0.15, 0.2) is 78.3 Å². The van der Waals surface area contributed by atoms with Crippen molar-refractivity contribution in [2.45, 2.75) is 11.8 Å². The van der Waals surface area contributed by atoms with Gasteiger partial charge in [0.1, 0.15) is 0 Å². The zero-order chi connectivity index (χ0) is 21.0. The van der Waals surface area contributed by atoms with Crippen LogP contribution in [-0.2, 0) is 10.0 Å². The number of aromatic nitrogens is 5. The maximum Gasteiger partial charge on any atom is 0.264 e. The molecule has 0 spiro atoms. The summed E-state index contributed by atoms with van der Waals surface area (Å²) in [4.78, 5) is 20.7. The van der Waals surface area contributed by atoms with Gasteiger partial charge in [0.15, 0.2) is 0 Å². The van der Waals surface area contributed by atoms with Crippen LogP contribution in [0.3, 0.4) is 0 Å². The Morgan fingerprint density at radius 1 is 0.867 bits per heavy atom. The van der Waals surface area contributed by atoms with E-state index in [-0.39, 0.29) is 10.8 Å². The van der Waals surface area contributed by atoms with Gasteiger partial charge in [0.25, 0.3) is 10.0 Å². The number of nitrogens with one attached hydrogen (secondary N) is 2. The largest absolute Gasteiger partial charge is 0.324 e. The van der Waals surface area contributed by atoms with E-state index in [1.165, 1.54) is 18.5 Å². The topological polar surface area (TPSA) is 123 Å². The smallest absolute Gasteiger partial charge is 0.264 e. The van der Waals surface area contributed by atoms with Crippen molar-refractivity contribution < 1.29 is 8.42 Å². The number of sulfonamides is 1. The lowest BCUT2D eigenvalue weighted by atomic mass is 10.2. The third-order valence-corrected chi connectivity index (χ3v) is 5.61. The Balaban J connectivity index is 1.55. The van der Waals surface area contributed by atoms with Crippen molar-refractivity contribution in [3.8, 4) is 11.3 Å². The average molecular weight is 419 g/mol. The number of nitrogens with zero attached hydrogens (tertiary/aromatic N) is 5. The van der Waals surface area contributed by atoms with Crippen LogP contribution in [0, 0.1) is 6.92 Å². The molecule has 0 radical (unpaired) electrons. The highest BCUT2D eigenvalue weighted by Crippen LogP contribution is 2.23. The minimum Gasteiger partial charge on any atom is -0.324 e. The molecule has 0 amide bonds. The third-order valence-electron chi connectivity index (χ3n) is 4.12. The van der Waals surface area contributed by atoms with Gasteiger partial charge in [-0.05, 0) is 55.0 Å². The maximum atomic E-state index is 12.7. The van der Waals surface area contributed by atoms with E-state index in [9.17, 15) is 8.42 Å². The van der Waals surface area contributed by atoms with Crippen molar-refractivity contribution in [2.24, 2.45) is 0 Å². The van der Waals surface area contributed by atoms with Crippen LogP contribution >= 0.6 is 0 Å². The molecule has 9 nitrogen and oxygen atoms in total. The second-order valence-corrected chi connectivity index (χ2v) is 7.94. The van der Waals surface area contributed by atoms with E-state index in [1.54, 1.807) is 49.8 Å². The van der Waals surface area contributed by atoms with E-state index >= 15 is 0 Å². The van der Waals surface area contributed by atoms with Gasteiger partial charge in [0, 0.05) is 42.2 Å². The standard InChI is InChI=1S/C20H17N7O2S/c1-14-12-16(5-6-18(14)30(28,29)27-19-22-9-3-10-23-19)25-20-24-11-7-17(26-20)15-4-2-8-21-13-15/h2-13H,1H3,(H,22,23,27)(H,24,25,26). The number of anilines is 3. The normalized spacial score (nSPS) is 11.1. The van der Waals surface area contributed by atoms with Gasteiger partial charge in [-0.1, -0.05) is 0 Å². The fraction of sp³-hybridized carbons (Fsp3) is 0.0500. The minimum absolute atomic E-state index is 0.0136. The van der Waals surface area contributed by atoms with Gasteiger partial charge in [0.05, 0.1) is 10.6 Å². The molecule has 0 fully saturated rings. The molecule has 150 valence electrons. The van der Waals surface area contributed by atoms with Gasteiger partial charge in [-0.2, -0.15) is 0 Å². The van der Waals surface area contributed by atoms with Gasteiger partial charge >= 0.3 is 0 Å². The predicted octanol–water partition coefficient (Wildman–Crippen LogP) is 3.18. The second kappa shape index (κ2) is 8.21. The van der Waals surface area contributed by atoms with Crippen LogP contribution in [0.25, 0.3) is 11.3 Å². The summed E-state index contributed by atoms with van der Waals surface area (Å²) in [5.74, 6) is 0.405. The monoisotopic (exact) mass is 419 g/mol. The van der Waals surface area contributed by atoms with Crippen molar-refractivity contribution >= 4 is 27.6 Å². The summed E-state index contributed by atoms with van der Waals surface area (Å²) < 4.78 is 27.7. The zero-order valence-corrected chi connectivity index (χ0v) is 16.7. The first-order valence-corrected chi connectivity index (χ1v) is 10.4. The van der Waals surface area contributed by atoms with Gasteiger partial charge in [-0.25, -0.2) is 33.1 Å². The predicted molar refractivity (Wildman–Crippen MR) is 113 cm³/mol. The van der Waals surface area contributed by atoms with E-state index in [2.05, 4.69) is 35.0 Å². The molecule has 0 unspecified atom stereocenters. The Morgan fingerprint density at radius 3 is 2.40 bits per heavy atom. The van der Waals surface area contributed by atoms with Crippen LogP contribution < -0.4 is 10.0 Å². The highest BCUT2D eigenvalue weighted by Gasteiger charge is 2.18. The molecule has 0 aliphatic carbocycles. The highest BCUT2D eigenvalue weighted by molar-refractivity contribution is 7.92. The summed E-state index contributed by atoms with van der Waals surface area (Å²) in [5, 5.41) is 3.10. The van der Waals surface area contributed by atoms with Crippen LogP contribution in [-0.4, -0.2) is 33.3 Å². The zero-order valence-electron chi connectivity index (χ0n) is 15.9. The average Bonchev–Trinajstić information content (AvgIpc) is 2.75. The van der Waals surface area contributed by atoms with Crippen LogP contribution in [0.5, 0.6) is 0 Å². The van der Waals surface area contributed by atoms with Crippen molar-refractivity contribution in [3.05, 3.63) is 79.0 Å². The van der Waals surface area contributed by atoms with E-state index in [0.29, 0.717) is 17.2 Å². The quantitative estimate of drug-likeness (QED) is 0.488. The molecule has 4 aromatic rings. The molecule has 2 N–H and O–H groups in total. The molecule has 10 heteroatoms. The molecular formula is C20H17N7O2S. The third kappa shape index (κ3) is 4.39. The second-order valence-electron chi connectivity index (χ2n) is 6.29. The Kier molecular flexibility index (Phi) is 5.31. The summed E-state index contributed by atoms with van der Waals surface area (Å²) >= 11 is 0. The first-order chi connectivity index (χ1) is 14.5. The lowest BCUT2D eigenvalue weighted by Gasteiger charge is -2.11. The van der Waals surface area contributed by atoms with Gasteiger partial charge in [-0.15, -0.1) is 0 Å². The first-order valence-electron chi connectivity index (χ1n) is 8.92. The molecule has 0 atom stereocenters. The lowest BCUT2D eigenvalue weighted by molar-refractivity contribution is 0.600. The van der Waals surface area contributed by atoms with Crippen LogP contribution in [0.4, 0.5) is 17.6 Å². The van der Waals surface area contributed by atoms with Gasteiger partial charge in [-0.3, -0.25) is 4.98 Å². The molecule has 0 aliphatic heterocycles. The summed E-state index contributed by atoms with van der Waals surface area (Å²) in [6, 6.07) is 12.0. The summed E-state index contributed by atoms with van der Waals surface area (Å²) in [5.41, 5.74) is 2.80. The first kappa shape index (κ1) is 19.4. The molecule has 1 aromatic carbocycles. The number of rotatable bonds is 6. The van der Waals surface area contributed by atoms with Crippen molar-refractivity contribution in [1.29, 1.82) is 0 Å². The molecule has 0 saturated carbocycles. The van der Waals surface area contributed by atoms with E-state index in [1.807, 2.05) is 12.1 Å². The molecule has 0 saturated heterocycles. The summed E-state index contributed by atoms with van der Waals surface area (Å²) in [7, 11) is -3.82. The number of hydrogen-bond acceptors (Lipinski definition) is 8. The van der Waals surface area contributed by atoms with Gasteiger partial charge < -0.3 is 5.32 Å². The summed E-state index contributed by atoms with van der Waals surface area (Å²) in [6.45, 7) is 1.71. The van der Waals surface area contributed by atoms with Gasteiger partial charge in [0.2, 0.25) is 11.9 Å². The molecule has 0 bridgehead atoms. The number of benzene rings is 1. The van der Waals surface area contributed by atoms with Crippen molar-refractivity contribution in [2.75, 3.05) is 10.0 Å². The minimum atomic E-state index is -3.82. The number of aryl methyl sites for hydroxylation is 1. The Hall–Kier alpha value is -3.92. The number of pyridine rings is 1. The SMILES string of the molecule is Cc1cc(Nc2nccc(-c3cccnc3)n2)ccc1S(=O)(=O)Nc1ncccn1. The Morgan fingerprint density at radius 2 is 1.67 bits per heavy atom. The van der Waals surface area contributed by atoms with Crippen LogP contribution in [0.2, 0.25) is 0 Å². The fourth-order valence-corrected chi connectivity index (χ4v) is 3.96. The molecule has 0 aliphatic rings. The number of hydrogen-bond donors (Lipinski definition) is 2. The molecular weight excluding hydrogens is 402 g/mol. The Labute approximate surface area is 173 Å². The fourth-order valence-electron chi connectivity index (χ4n) is 2.78.